The van der Waals surface area contributed by atoms with Gasteiger partial charge in [-0.3, -0.25) is 0 Å². The normalized spacial score (nSPS) is 28.2. The Morgan fingerprint density at radius 3 is 2.00 bits per heavy atom. The van der Waals surface area contributed by atoms with Crippen LogP contribution >= 0.6 is 0 Å². The van der Waals surface area contributed by atoms with Gasteiger partial charge in [0.1, 0.15) is 7.85 Å². The average Bonchev–Trinajstić information content (AvgIpc) is 1.78. The molecule has 1 saturated carbocycles. The van der Waals surface area contributed by atoms with Crippen LogP contribution in [0.2, 0.25) is 5.82 Å². The van der Waals surface area contributed by atoms with Crippen LogP contribution in [0, 0.1) is 5.41 Å². The van der Waals surface area contributed by atoms with Crippen molar-refractivity contribution in [3.05, 3.63) is 0 Å². The summed E-state index contributed by atoms with van der Waals surface area (Å²) in [6.07, 6.45) is 5.78. The van der Waals surface area contributed by atoms with E-state index in [4.69, 9.17) is 0 Å². The minimum absolute atomic E-state index is 0.659. The lowest BCUT2D eigenvalue weighted by Crippen LogP contribution is -2.18. The van der Waals surface area contributed by atoms with Crippen LogP contribution < -0.4 is 0 Å². The lowest BCUT2D eigenvalue weighted by molar-refractivity contribution is 0.245. The summed E-state index contributed by atoms with van der Waals surface area (Å²) in [5, 5.41) is 0. The molecular weight excluding hydrogens is 107 g/mol. The van der Waals surface area contributed by atoms with Crippen molar-refractivity contribution >= 4 is 7.85 Å². The quantitative estimate of drug-likeness (QED) is 0.433. The minimum atomic E-state index is 0.659. The van der Waals surface area contributed by atoms with Gasteiger partial charge in [0.15, 0.2) is 0 Å². The van der Waals surface area contributed by atoms with Crippen molar-refractivity contribution < 1.29 is 0 Å². The molecule has 1 aliphatic carbocycles. The third-order valence-corrected chi connectivity index (χ3v) is 2.63. The molecule has 0 bridgehead atoms. The minimum Gasteiger partial charge on any atom is -0.0697 e. The van der Waals surface area contributed by atoms with Crippen molar-refractivity contribution in [2.45, 2.75) is 45.3 Å². The topological polar surface area (TPSA) is 0 Å². The van der Waals surface area contributed by atoms with Crippen molar-refractivity contribution in [2.24, 2.45) is 5.41 Å². The van der Waals surface area contributed by atoms with Crippen LogP contribution in [0.15, 0.2) is 0 Å². The molecule has 0 nitrogen and oxygen atoms in total. The molecule has 0 aromatic carbocycles. The zero-order valence-corrected chi connectivity index (χ0v) is 6.91. The number of hydrogen-bond acceptors (Lipinski definition) is 0. The molecule has 0 unspecified atom stereocenters. The molecule has 0 aliphatic heterocycles. The second-order valence-electron chi connectivity index (χ2n) is 4.35. The first-order chi connectivity index (χ1) is 4.10. The SMILES string of the molecule is BC1CCC(C)(C)CC1. The van der Waals surface area contributed by atoms with Crippen LogP contribution in [0.5, 0.6) is 0 Å². The molecule has 0 atom stereocenters. The van der Waals surface area contributed by atoms with Crippen LogP contribution in [-0.2, 0) is 0 Å². The third-order valence-electron chi connectivity index (χ3n) is 2.63. The Morgan fingerprint density at radius 2 is 1.67 bits per heavy atom. The molecule has 52 valence electrons. The van der Waals surface area contributed by atoms with Crippen molar-refractivity contribution in [2.75, 3.05) is 0 Å². The van der Waals surface area contributed by atoms with Crippen molar-refractivity contribution in [1.82, 2.24) is 0 Å². The van der Waals surface area contributed by atoms with Crippen LogP contribution in [0.25, 0.3) is 0 Å². The predicted octanol–water partition coefficient (Wildman–Crippen LogP) is 2.01. The average molecular weight is 124 g/mol. The van der Waals surface area contributed by atoms with Gasteiger partial charge in [0.2, 0.25) is 0 Å². The van der Waals surface area contributed by atoms with E-state index in [1.54, 1.807) is 0 Å². The van der Waals surface area contributed by atoms with Crippen LogP contribution in [0.4, 0.5) is 0 Å². The van der Waals surface area contributed by atoms with Gasteiger partial charge in [-0.25, -0.2) is 0 Å². The molecule has 0 heterocycles. The van der Waals surface area contributed by atoms with Crippen molar-refractivity contribution in [3.63, 3.8) is 0 Å². The van der Waals surface area contributed by atoms with Gasteiger partial charge in [-0.1, -0.05) is 32.5 Å². The van der Waals surface area contributed by atoms with Crippen LogP contribution in [0.1, 0.15) is 39.5 Å². The zero-order chi connectivity index (χ0) is 6.91. The van der Waals surface area contributed by atoms with Gasteiger partial charge >= 0.3 is 0 Å². The summed E-state index contributed by atoms with van der Waals surface area (Å²) in [6.45, 7) is 4.78. The zero-order valence-electron chi connectivity index (χ0n) is 6.91. The van der Waals surface area contributed by atoms with Gasteiger partial charge in [0.05, 0.1) is 0 Å². The molecule has 1 aliphatic rings. The molecule has 0 aromatic heterocycles. The van der Waals surface area contributed by atoms with Gasteiger partial charge in [-0.15, -0.1) is 0 Å². The molecule has 0 amide bonds. The summed E-state index contributed by atoms with van der Waals surface area (Å²) < 4.78 is 0. The lowest BCUT2D eigenvalue weighted by atomic mass is 9.67. The summed E-state index contributed by atoms with van der Waals surface area (Å²) in [6, 6.07) is 0. The fraction of sp³-hybridized carbons (Fsp3) is 1.00. The fourth-order valence-electron chi connectivity index (χ4n) is 1.54. The second-order valence-corrected chi connectivity index (χ2v) is 4.35. The molecule has 0 spiro atoms. The van der Waals surface area contributed by atoms with E-state index >= 15 is 0 Å². The summed E-state index contributed by atoms with van der Waals surface area (Å²) in [7, 11) is 2.37. The van der Waals surface area contributed by atoms with E-state index in [2.05, 4.69) is 21.7 Å². The summed E-state index contributed by atoms with van der Waals surface area (Å²) in [5.74, 6) is 0.998. The van der Waals surface area contributed by atoms with Gasteiger partial charge in [0.25, 0.3) is 0 Å². The third kappa shape index (κ3) is 2.04. The molecular formula is C8H17B. The molecule has 1 fully saturated rings. The van der Waals surface area contributed by atoms with Crippen molar-refractivity contribution in [1.29, 1.82) is 0 Å². The largest absolute Gasteiger partial charge is 0.105 e. The van der Waals surface area contributed by atoms with E-state index in [-0.39, 0.29) is 0 Å². The van der Waals surface area contributed by atoms with Gasteiger partial charge in [0, 0.05) is 0 Å². The van der Waals surface area contributed by atoms with Gasteiger partial charge in [-0.05, 0) is 18.3 Å². The first-order valence-electron chi connectivity index (χ1n) is 4.10. The Kier molecular flexibility index (Phi) is 1.88. The summed E-state index contributed by atoms with van der Waals surface area (Å²) >= 11 is 0. The van der Waals surface area contributed by atoms with E-state index < -0.39 is 0 Å². The number of hydrogen-bond donors (Lipinski definition) is 0. The molecule has 9 heavy (non-hydrogen) atoms. The van der Waals surface area contributed by atoms with E-state index in [9.17, 15) is 0 Å². The first-order valence-corrected chi connectivity index (χ1v) is 4.10. The standard InChI is InChI=1S/C8H17B/c1-8(2)5-3-7(9)4-6-8/h7H,3-6,9H2,1-2H3. The predicted molar refractivity (Wildman–Crippen MR) is 44.5 cm³/mol. The molecule has 0 saturated heterocycles. The van der Waals surface area contributed by atoms with Crippen molar-refractivity contribution in [3.8, 4) is 0 Å². The molecule has 1 heteroatoms. The van der Waals surface area contributed by atoms with Gasteiger partial charge < -0.3 is 0 Å². The highest BCUT2D eigenvalue weighted by molar-refractivity contribution is 6.11. The van der Waals surface area contributed by atoms with E-state index in [0.29, 0.717) is 5.41 Å². The maximum atomic E-state index is 2.39. The van der Waals surface area contributed by atoms with E-state index in [1.165, 1.54) is 25.7 Å². The van der Waals surface area contributed by atoms with E-state index in [0.717, 1.165) is 5.82 Å². The smallest absolute Gasteiger partial charge is 0.0697 e. The first kappa shape index (κ1) is 7.18. The Morgan fingerprint density at radius 1 is 1.22 bits per heavy atom. The summed E-state index contributed by atoms with van der Waals surface area (Å²) in [4.78, 5) is 0. The highest BCUT2D eigenvalue weighted by Crippen LogP contribution is 2.38. The molecule has 0 N–H and O–H groups in total. The molecule has 0 radical (unpaired) electrons. The highest BCUT2D eigenvalue weighted by Gasteiger charge is 2.23. The van der Waals surface area contributed by atoms with Crippen LogP contribution in [-0.4, -0.2) is 7.85 Å². The van der Waals surface area contributed by atoms with Crippen LogP contribution in [0.3, 0.4) is 0 Å². The number of rotatable bonds is 0. The Bertz CT molecular complexity index is 86.7. The Hall–Kier alpha value is 0.0649. The summed E-state index contributed by atoms with van der Waals surface area (Å²) in [5.41, 5.74) is 0.659. The second kappa shape index (κ2) is 2.36. The monoisotopic (exact) mass is 124 g/mol. The molecule has 1 rings (SSSR count). The highest BCUT2D eigenvalue weighted by atomic mass is 14.3. The Labute approximate surface area is 59.4 Å². The maximum Gasteiger partial charge on any atom is 0.105 e. The Balaban J connectivity index is 2.35. The lowest BCUT2D eigenvalue weighted by Gasteiger charge is -2.32. The molecule has 0 aromatic rings. The van der Waals surface area contributed by atoms with E-state index in [1.807, 2.05) is 0 Å². The fourth-order valence-corrected chi connectivity index (χ4v) is 1.54. The van der Waals surface area contributed by atoms with Gasteiger partial charge in [-0.2, -0.15) is 0 Å². The maximum absolute atomic E-state index is 2.39.